The molecule has 1 unspecified atom stereocenters. The van der Waals surface area contributed by atoms with Gasteiger partial charge in [-0.3, -0.25) is 0 Å². The largest absolute Gasteiger partial charge is 0.619 e. The van der Waals surface area contributed by atoms with E-state index in [0.29, 0.717) is 10.3 Å². The van der Waals surface area contributed by atoms with Gasteiger partial charge in [-0.05, 0) is 11.6 Å². The molecule has 0 saturated carbocycles. The van der Waals surface area contributed by atoms with Crippen LogP contribution in [0.3, 0.4) is 0 Å². The molecule has 2 aromatic rings. The smallest absolute Gasteiger partial charge is 0.231 e. The Balaban J connectivity index is 2.24. The van der Waals surface area contributed by atoms with Crippen LogP contribution in [-0.2, 0) is 0 Å². The maximum Gasteiger partial charge on any atom is 0.231 e. The Labute approximate surface area is 120 Å². The van der Waals surface area contributed by atoms with Crippen molar-refractivity contribution in [3.8, 4) is 23.1 Å². The van der Waals surface area contributed by atoms with Gasteiger partial charge in [0.15, 0.2) is 12.4 Å². The van der Waals surface area contributed by atoms with Gasteiger partial charge in [-0.15, -0.1) is 0 Å². The van der Waals surface area contributed by atoms with Crippen LogP contribution >= 0.6 is 0 Å². The summed E-state index contributed by atoms with van der Waals surface area (Å²) in [6.07, 6.45) is 3.18. The molecule has 21 heavy (non-hydrogen) atoms. The maximum absolute atomic E-state index is 11.0. The fraction of sp³-hybridized carbons (Fsp3) is 0.214. The van der Waals surface area contributed by atoms with E-state index < -0.39 is 12.7 Å². The van der Waals surface area contributed by atoms with Crippen LogP contribution in [0.25, 0.3) is 11.1 Å². The van der Waals surface area contributed by atoms with Crippen LogP contribution in [0.2, 0.25) is 0 Å². The Bertz CT molecular complexity index is 652. The van der Waals surface area contributed by atoms with Gasteiger partial charge in [0.05, 0.1) is 6.61 Å². The molecule has 0 aromatic carbocycles. The van der Waals surface area contributed by atoms with Gasteiger partial charge in [0.25, 0.3) is 0 Å². The predicted octanol–water partition coefficient (Wildman–Crippen LogP) is -0.0143. The van der Waals surface area contributed by atoms with Crippen molar-refractivity contribution in [2.24, 2.45) is 0 Å². The third-order valence-electron chi connectivity index (χ3n) is 2.73. The molecule has 0 aliphatic heterocycles. The highest BCUT2D eigenvalue weighted by molar-refractivity contribution is 5.64. The Hall–Kier alpha value is -2.69. The highest BCUT2D eigenvalue weighted by Crippen LogP contribution is 2.23. The summed E-state index contributed by atoms with van der Waals surface area (Å²) in [6, 6.07) is 6.77. The summed E-state index contributed by atoms with van der Waals surface area (Å²) >= 11 is 0. The van der Waals surface area contributed by atoms with Gasteiger partial charge in [-0.1, -0.05) is 0 Å². The van der Waals surface area contributed by atoms with Crippen LogP contribution in [0.5, 0.6) is 5.88 Å². The van der Waals surface area contributed by atoms with Gasteiger partial charge < -0.3 is 20.2 Å². The van der Waals surface area contributed by atoms with E-state index in [1.54, 1.807) is 18.2 Å². The fourth-order valence-electron chi connectivity index (χ4n) is 1.64. The van der Waals surface area contributed by atoms with Gasteiger partial charge in [0.1, 0.15) is 24.3 Å². The number of aromatic nitrogens is 2. The minimum atomic E-state index is -1.03. The standard InChI is InChI=1S/C14H13N3O4/c15-6-11-5-12(10-1-3-17(20)4-2-10)7-16-14(11)21-9-13(19)8-18/h1-5,7,13,18-19H,8-9H2. The molecule has 1 atom stereocenters. The second kappa shape index (κ2) is 6.65. The SMILES string of the molecule is N#Cc1cc(-c2cc[n+]([O-])cc2)cnc1OCC(O)CO. The topological polar surface area (TPSA) is 113 Å². The molecular formula is C14H13N3O4. The highest BCUT2D eigenvalue weighted by Gasteiger charge is 2.11. The Kier molecular flexibility index (Phi) is 4.66. The van der Waals surface area contributed by atoms with Crippen molar-refractivity contribution in [3.05, 3.63) is 47.6 Å². The van der Waals surface area contributed by atoms with Crippen molar-refractivity contribution in [1.82, 2.24) is 4.98 Å². The molecule has 2 aromatic heterocycles. The van der Waals surface area contributed by atoms with Gasteiger partial charge in [0, 0.05) is 23.9 Å². The summed E-state index contributed by atoms with van der Waals surface area (Å²) in [5, 5.41) is 38.0. The monoisotopic (exact) mass is 287 g/mol. The molecule has 2 rings (SSSR count). The molecule has 0 bridgehead atoms. The number of hydrogen-bond acceptors (Lipinski definition) is 6. The molecule has 0 saturated heterocycles. The number of aliphatic hydroxyl groups excluding tert-OH is 2. The summed E-state index contributed by atoms with van der Waals surface area (Å²) in [4.78, 5) is 4.03. The van der Waals surface area contributed by atoms with Crippen LogP contribution < -0.4 is 9.47 Å². The summed E-state index contributed by atoms with van der Waals surface area (Å²) in [5.74, 6) is 0.0866. The molecule has 7 heteroatoms. The van der Waals surface area contributed by atoms with Gasteiger partial charge >= 0.3 is 0 Å². The number of rotatable bonds is 5. The van der Waals surface area contributed by atoms with E-state index in [0.717, 1.165) is 5.56 Å². The molecule has 0 spiro atoms. The second-order valence-corrected chi connectivity index (χ2v) is 4.28. The van der Waals surface area contributed by atoms with E-state index in [4.69, 9.17) is 15.1 Å². The summed E-state index contributed by atoms with van der Waals surface area (Å²) < 4.78 is 5.86. The molecule has 108 valence electrons. The molecular weight excluding hydrogens is 274 g/mol. The Morgan fingerprint density at radius 2 is 2.10 bits per heavy atom. The van der Waals surface area contributed by atoms with E-state index in [-0.39, 0.29) is 18.1 Å². The minimum Gasteiger partial charge on any atom is -0.619 e. The van der Waals surface area contributed by atoms with E-state index in [1.807, 2.05) is 6.07 Å². The van der Waals surface area contributed by atoms with Crippen molar-refractivity contribution in [1.29, 1.82) is 5.26 Å². The normalized spacial score (nSPS) is 11.7. The first-order valence-electron chi connectivity index (χ1n) is 6.15. The van der Waals surface area contributed by atoms with Crippen molar-refractivity contribution in [2.45, 2.75) is 6.10 Å². The molecule has 0 amide bonds. The lowest BCUT2D eigenvalue weighted by molar-refractivity contribution is -0.605. The molecule has 2 N–H and O–H groups in total. The van der Waals surface area contributed by atoms with Crippen molar-refractivity contribution in [2.75, 3.05) is 13.2 Å². The third kappa shape index (κ3) is 3.66. The first-order valence-corrected chi connectivity index (χ1v) is 6.15. The average Bonchev–Trinajstić information content (AvgIpc) is 2.53. The van der Waals surface area contributed by atoms with Crippen LogP contribution in [-0.4, -0.2) is 34.5 Å². The Morgan fingerprint density at radius 3 is 2.71 bits per heavy atom. The molecule has 0 aliphatic carbocycles. The van der Waals surface area contributed by atoms with E-state index in [9.17, 15) is 10.3 Å². The fourth-order valence-corrected chi connectivity index (χ4v) is 1.64. The first-order chi connectivity index (χ1) is 10.1. The minimum absolute atomic E-state index is 0.0866. The van der Waals surface area contributed by atoms with Crippen LogP contribution in [0, 0.1) is 16.5 Å². The van der Waals surface area contributed by atoms with E-state index in [2.05, 4.69) is 4.98 Å². The molecule has 0 radical (unpaired) electrons. The van der Waals surface area contributed by atoms with Crippen molar-refractivity contribution in [3.63, 3.8) is 0 Å². The molecule has 7 nitrogen and oxygen atoms in total. The number of nitrogens with zero attached hydrogens (tertiary/aromatic N) is 3. The molecule has 0 fully saturated rings. The summed E-state index contributed by atoms with van der Waals surface area (Å²) in [7, 11) is 0. The quantitative estimate of drug-likeness (QED) is 0.590. The van der Waals surface area contributed by atoms with Gasteiger partial charge in [0.2, 0.25) is 5.88 Å². The van der Waals surface area contributed by atoms with Crippen LogP contribution in [0.1, 0.15) is 5.56 Å². The molecule has 2 heterocycles. The summed E-state index contributed by atoms with van der Waals surface area (Å²) in [6.45, 7) is -0.585. The second-order valence-electron chi connectivity index (χ2n) is 4.28. The van der Waals surface area contributed by atoms with Crippen molar-refractivity contribution >= 4 is 0 Å². The number of nitriles is 1. The first kappa shape index (κ1) is 14.7. The number of pyridine rings is 2. The number of ether oxygens (including phenoxy) is 1. The maximum atomic E-state index is 11.0. The van der Waals surface area contributed by atoms with Crippen LogP contribution in [0.15, 0.2) is 36.8 Å². The highest BCUT2D eigenvalue weighted by atomic mass is 16.5. The van der Waals surface area contributed by atoms with E-state index >= 15 is 0 Å². The zero-order valence-corrected chi connectivity index (χ0v) is 11.0. The lowest BCUT2D eigenvalue weighted by atomic mass is 10.1. The lowest BCUT2D eigenvalue weighted by Crippen LogP contribution is -2.23. The summed E-state index contributed by atoms with van der Waals surface area (Å²) in [5.41, 5.74) is 1.62. The number of aliphatic hydroxyl groups is 2. The van der Waals surface area contributed by atoms with E-state index in [1.165, 1.54) is 18.6 Å². The zero-order valence-electron chi connectivity index (χ0n) is 11.0. The molecule has 0 aliphatic rings. The average molecular weight is 287 g/mol. The van der Waals surface area contributed by atoms with Gasteiger partial charge in [-0.2, -0.15) is 9.99 Å². The lowest BCUT2D eigenvalue weighted by Gasteiger charge is -2.10. The predicted molar refractivity (Wildman–Crippen MR) is 71.9 cm³/mol. The number of hydrogen-bond donors (Lipinski definition) is 2. The third-order valence-corrected chi connectivity index (χ3v) is 2.73. The zero-order chi connectivity index (χ0) is 15.2. The van der Waals surface area contributed by atoms with Crippen molar-refractivity contribution < 1.29 is 19.7 Å². The van der Waals surface area contributed by atoms with Gasteiger partial charge in [-0.25, -0.2) is 4.98 Å². The van der Waals surface area contributed by atoms with Crippen LogP contribution in [0.4, 0.5) is 0 Å². The Morgan fingerprint density at radius 1 is 1.38 bits per heavy atom.